The monoisotopic (exact) mass is 393 g/mol. The molecule has 0 unspecified atom stereocenters. The molecule has 0 aromatic heterocycles. The molecule has 0 spiro atoms. The van der Waals surface area contributed by atoms with Crippen molar-refractivity contribution in [3.05, 3.63) is 60.2 Å². The lowest BCUT2D eigenvalue weighted by Gasteiger charge is -2.37. The van der Waals surface area contributed by atoms with Gasteiger partial charge in [0, 0.05) is 32.6 Å². The average molecular weight is 393 g/mol. The van der Waals surface area contributed by atoms with Crippen LogP contribution in [0, 0.1) is 0 Å². The second-order valence-corrected chi connectivity index (χ2v) is 7.47. The van der Waals surface area contributed by atoms with Crippen molar-refractivity contribution < 1.29 is 14.3 Å². The zero-order valence-corrected chi connectivity index (χ0v) is 16.8. The molecule has 4 rings (SSSR count). The number of para-hydroxylation sites is 2. The first-order valence-electron chi connectivity index (χ1n) is 10.3. The number of piperazine rings is 1. The van der Waals surface area contributed by atoms with Crippen molar-refractivity contribution >= 4 is 17.5 Å². The largest absolute Gasteiger partial charge is 0.492 e. The zero-order valence-electron chi connectivity index (χ0n) is 16.8. The van der Waals surface area contributed by atoms with Crippen LogP contribution in [0.4, 0.5) is 5.69 Å². The van der Waals surface area contributed by atoms with Crippen molar-refractivity contribution in [1.82, 2.24) is 9.80 Å². The van der Waals surface area contributed by atoms with Crippen LogP contribution < -0.4 is 9.64 Å². The van der Waals surface area contributed by atoms with Crippen LogP contribution in [0.3, 0.4) is 0 Å². The molecule has 2 fully saturated rings. The Morgan fingerprint density at radius 3 is 2.34 bits per heavy atom. The fourth-order valence-electron chi connectivity index (χ4n) is 4.10. The number of rotatable bonds is 6. The van der Waals surface area contributed by atoms with E-state index in [0.717, 1.165) is 43.2 Å². The van der Waals surface area contributed by atoms with E-state index in [0.29, 0.717) is 13.3 Å². The minimum Gasteiger partial charge on any atom is -0.492 e. The van der Waals surface area contributed by atoms with Gasteiger partial charge in [-0.3, -0.25) is 19.4 Å². The maximum absolute atomic E-state index is 12.8. The number of carbonyl (C=O) groups is 2. The summed E-state index contributed by atoms with van der Waals surface area (Å²) in [5.41, 5.74) is 2.03. The molecule has 0 N–H and O–H groups in total. The van der Waals surface area contributed by atoms with E-state index < -0.39 is 0 Å². The quantitative estimate of drug-likeness (QED) is 0.707. The molecular weight excluding hydrogens is 366 g/mol. The highest BCUT2D eigenvalue weighted by Gasteiger charge is 2.40. The maximum atomic E-state index is 12.8. The molecule has 0 radical (unpaired) electrons. The number of anilines is 1. The zero-order chi connectivity index (χ0) is 20.2. The van der Waals surface area contributed by atoms with E-state index >= 15 is 0 Å². The van der Waals surface area contributed by atoms with E-state index in [1.165, 1.54) is 4.90 Å². The first kappa shape index (κ1) is 19.5. The number of nitrogens with zero attached hydrogens (tertiary/aromatic N) is 3. The van der Waals surface area contributed by atoms with Crippen LogP contribution in [0.1, 0.15) is 24.8 Å². The van der Waals surface area contributed by atoms with Gasteiger partial charge in [-0.05, 0) is 24.6 Å². The standard InChI is InChI=1S/C23H27N3O3/c1-2-29-21-11-7-6-10-20(21)25-14-12-24(13-15-25)17-26-22(27)16-19(23(26)28)18-8-4-3-5-9-18/h3-11,19H,2,12-17H2,1H3/t19-/m1/s1. The molecular formula is C23H27N3O3. The van der Waals surface area contributed by atoms with Gasteiger partial charge in [0.25, 0.3) is 0 Å². The summed E-state index contributed by atoms with van der Waals surface area (Å²) in [7, 11) is 0. The van der Waals surface area contributed by atoms with Gasteiger partial charge >= 0.3 is 0 Å². The van der Waals surface area contributed by atoms with E-state index in [-0.39, 0.29) is 24.2 Å². The van der Waals surface area contributed by atoms with Gasteiger partial charge in [-0.25, -0.2) is 0 Å². The Balaban J connectivity index is 1.36. The Morgan fingerprint density at radius 2 is 1.62 bits per heavy atom. The number of ether oxygens (including phenoxy) is 1. The van der Waals surface area contributed by atoms with E-state index in [1.807, 2.05) is 55.5 Å². The highest BCUT2D eigenvalue weighted by molar-refractivity contribution is 6.06. The van der Waals surface area contributed by atoms with E-state index in [9.17, 15) is 9.59 Å². The minimum atomic E-state index is -0.344. The number of likely N-dealkylation sites (tertiary alicyclic amines) is 1. The summed E-state index contributed by atoms with van der Waals surface area (Å²) >= 11 is 0. The molecule has 2 aliphatic rings. The van der Waals surface area contributed by atoms with Crippen molar-refractivity contribution in [2.75, 3.05) is 44.4 Å². The number of benzene rings is 2. The second-order valence-electron chi connectivity index (χ2n) is 7.47. The van der Waals surface area contributed by atoms with Gasteiger partial charge in [-0.15, -0.1) is 0 Å². The molecule has 0 bridgehead atoms. The number of hydrogen-bond donors (Lipinski definition) is 0. The van der Waals surface area contributed by atoms with E-state index in [2.05, 4.69) is 15.9 Å². The predicted molar refractivity (Wildman–Crippen MR) is 112 cm³/mol. The fraction of sp³-hybridized carbons (Fsp3) is 0.391. The maximum Gasteiger partial charge on any atom is 0.238 e. The molecule has 2 aromatic carbocycles. The van der Waals surface area contributed by atoms with Crippen LogP contribution in [0.15, 0.2) is 54.6 Å². The molecule has 2 aromatic rings. The van der Waals surface area contributed by atoms with Gasteiger partial charge in [-0.1, -0.05) is 42.5 Å². The summed E-state index contributed by atoms with van der Waals surface area (Å²) in [6.45, 7) is 6.27. The summed E-state index contributed by atoms with van der Waals surface area (Å²) in [5, 5.41) is 0. The first-order chi connectivity index (χ1) is 14.2. The molecule has 2 heterocycles. The molecule has 2 aliphatic heterocycles. The topological polar surface area (TPSA) is 53.1 Å². The third-order valence-electron chi connectivity index (χ3n) is 5.67. The Bertz CT molecular complexity index is 863. The predicted octanol–water partition coefficient (Wildman–Crippen LogP) is 2.71. The van der Waals surface area contributed by atoms with Gasteiger partial charge < -0.3 is 9.64 Å². The number of hydrogen-bond acceptors (Lipinski definition) is 5. The minimum absolute atomic E-state index is 0.0759. The molecule has 152 valence electrons. The van der Waals surface area contributed by atoms with Gasteiger partial charge in [0.2, 0.25) is 11.8 Å². The van der Waals surface area contributed by atoms with Crippen molar-refractivity contribution in [1.29, 1.82) is 0 Å². The Morgan fingerprint density at radius 1 is 0.931 bits per heavy atom. The number of carbonyl (C=O) groups excluding carboxylic acids is 2. The lowest BCUT2D eigenvalue weighted by atomic mass is 9.98. The molecule has 0 saturated carbocycles. The first-order valence-corrected chi connectivity index (χ1v) is 10.3. The summed E-state index contributed by atoms with van der Waals surface area (Å²) < 4.78 is 5.75. The lowest BCUT2D eigenvalue weighted by Crippen LogP contribution is -2.51. The molecule has 2 saturated heterocycles. The molecule has 2 amide bonds. The molecule has 29 heavy (non-hydrogen) atoms. The van der Waals surface area contributed by atoms with Crippen molar-refractivity contribution in [3.8, 4) is 5.75 Å². The third kappa shape index (κ3) is 4.12. The Labute approximate surface area is 171 Å². The van der Waals surface area contributed by atoms with Crippen LogP contribution >= 0.6 is 0 Å². The fourth-order valence-corrected chi connectivity index (χ4v) is 4.10. The van der Waals surface area contributed by atoms with Crippen LogP contribution in [-0.4, -0.2) is 61.1 Å². The Hall–Kier alpha value is -2.86. The highest BCUT2D eigenvalue weighted by Crippen LogP contribution is 2.31. The van der Waals surface area contributed by atoms with E-state index in [4.69, 9.17) is 4.74 Å². The normalized spacial score (nSPS) is 20.4. The smallest absolute Gasteiger partial charge is 0.238 e. The highest BCUT2D eigenvalue weighted by atomic mass is 16.5. The molecule has 6 nitrogen and oxygen atoms in total. The SMILES string of the molecule is CCOc1ccccc1N1CCN(CN2C(=O)C[C@H](c3ccccc3)C2=O)CC1. The molecule has 0 aliphatic carbocycles. The molecule has 1 atom stereocenters. The summed E-state index contributed by atoms with van der Waals surface area (Å²) in [6, 6.07) is 17.7. The van der Waals surface area contributed by atoms with E-state index in [1.54, 1.807) is 0 Å². The van der Waals surface area contributed by atoms with Crippen LogP contribution in [0.5, 0.6) is 5.75 Å². The van der Waals surface area contributed by atoms with Crippen molar-refractivity contribution in [3.63, 3.8) is 0 Å². The summed E-state index contributed by atoms with van der Waals surface area (Å²) in [5.74, 6) is 0.403. The second kappa shape index (κ2) is 8.66. The third-order valence-corrected chi connectivity index (χ3v) is 5.67. The van der Waals surface area contributed by atoms with Gasteiger partial charge in [0.15, 0.2) is 0 Å². The lowest BCUT2D eigenvalue weighted by molar-refractivity contribution is -0.141. The van der Waals surface area contributed by atoms with Crippen molar-refractivity contribution in [2.45, 2.75) is 19.3 Å². The van der Waals surface area contributed by atoms with Gasteiger partial charge in [-0.2, -0.15) is 0 Å². The number of imide groups is 1. The summed E-state index contributed by atoms with van der Waals surface area (Å²) in [4.78, 5) is 31.3. The van der Waals surface area contributed by atoms with Gasteiger partial charge in [0.05, 0.1) is 24.9 Å². The average Bonchev–Trinajstić information content (AvgIpc) is 3.04. The van der Waals surface area contributed by atoms with Gasteiger partial charge in [0.1, 0.15) is 5.75 Å². The van der Waals surface area contributed by atoms with Crippen LogP contribution in [0.2, 0.25) is 0 Å². The van der Waals surface area contributed by atoms with Crippen molar-refractivity contribution in [2.24, 2.45) is 0 Å². The Kier molecular flexibility index (Phi) is 5.81. The number of amides is 2. The molecule has 6 heteroatoms. The van der Waals surface area contributed by atoms with Crippen LogP contribution in [-0.2, 0) is 9.59 Å². The summed E-state index contributed by atoms with van der Waals surface area (Å²) in [6.07, 6.45) is 0.268. The van der Waals surface area contributed by atoms with Crippen LogP contribution in [0.25, 0.3) is 0 Å².